The van der Waals surface area contributed by atoms with E-state index >= 15 is 0 Å². The molecule has 1 aromatic carbocycles. The number of imidazole rings is 1. The molecule has 0 fully saturated rings. The first-order chi connectivity index (χ1) is 14.3. The van der Waals surface area contributed by atoms with Crippen LogP contribution in [0, 0.1) is 0 Å². The van der Waals surface area contributed by atoms with E-state index in [9.17, 15) is 9.90 Å². The zero-order chi connectivity index (χ0) is 21.0. The normalized spacial score (nSPS) is 13.5. The van der Waals surface area contributed by atoms with Crippen molar-refractivity contribution >= 4 is 28.7 Å². The quantitative estimate of drug-likeness (QED) is 0.487. The molecule has 0 aliphatic carbocycles. The van der Waals surface area contributed by atoms with Gasteiger partial charge >= 0.3 is 0 Å². The molecule has 8 nitrogen and oxygen atoms in total. The molecule has 152 valence electrons. The van der Waals surface area contributed by atoms with Gasteiger partial charge in [-0.15, -0.1) is 0 Å². The van der Waals surface area contributed by atoms with Gasteiger partial charge in [-0.2, -0.15) is 5.10 Å². The van der Waals surface area contributed by atoms with Crippen molar-refractivity contribution in [2.45, 2.75) is 25.9 Å². The van der Waals surface area contributed by atoms with Crippen LogP contribution < -0.4 is 10.6 Å². The molecule has 4 heterocycles. The number of amides is 1. The third-order valence-electron chi connectivity index (χ3n) is 5.33. The van der Waals surface area contributed by atoms with E-state index in [1.54, 1.807) is 31.8 Å². The van der Waals surface area contributed by atoms with Gasteiger partial charge in [-0.3, -0.25) is 9.48 Å². The number of aromatic nitrogens is 4. The number of pyridine rings is 1. The van der Waals surface area contributed by atoms with Crippen LogP contribution in [0.25, 0.3) is 16.8 Å². The molecule has 5 rings (SSSR count). The van der Waals surface area contributed by atoms with Crippen molar-refractivity contribution in [1.29, 1.82) is 0 Å². The van der Waals surface area contributed by atoms with Gasteiger partial charge in [-0.05, 0) is 37.1 Å². The van der Waals surface area contributed by atoms with Gasteiger partial charge in [0.25, 0.3) is 0 Å². The van der Waals surface area contributed by atoms with E-state index in [0.29, 0.717) is 17.9 Å². The Kier molecular flexibility index (Phi) is 3.94. The first-order valence-electron chi connectivity index (χ1n) is 9.72. The van der Waals surface area contributed by atoms with Gasteiger partial charge in [-0.1, -0.05) is 12.1 Å². The van der Waals surface area contributed by atoms with Gasteiger partial charge in [0.15, 0.2) is 11.5 Å². The highest BCUT2D eigenvalue weighted by Gasteiger charge is 2.22. The Bertz CT molecular complexity index is 1290. The molecule has 1 aliphatic heterocycles. The summed E-state index contributed by atoms with van der Waals surface area (Å²) >= 11 is 0. The molecule has 3 N–H and O–H groups in total. The van der Waals surface area contributed by atoms with Crippen molar-refractivity contribution in [1.82, 2.24) is 19.2 Å². The number of nitrogens with zero attached hydrogens (tertiary/aromatic N) is 4. The van der Waals surface area contributed by atoms with Gasteiger partial charge in [0.05, 0.1) is 17.8 Å². The van der Waals surface area contributed by atoms with Crippen LogP contribution in [0.3, 0.4) is 0 Å². The SMILES string of the molecule is Cn1nc(Nc2cc(-c3ccc4c(c3)NC(=O)C4)cn3ccnc23)cc1C(C)(C)O. The maximum absolute atomic E-state index is 11.7. The predicted octanol–water partition coefficient (Wildman–Crippen LogP) is 3.20. The highest BCUT2D eigenvalue weighted by Crippen LogP contribution is 2.33. The van der Waals surface area contributed by atoms with Crippen molar-refractivity contribution in [3.63, 3.8) is 0 Å². The molecule has 0 bridgehead atoms. The largest absolute Gasteiger partial charge is 0.384 e. The molecule has 1 amide bonds. The van der Waals surface area contributed by atoms with E-state index in [1.807, 2.05) is 47.1 Å². The molecule has 0 radical (unpaired) electrons. The molecule has 3 aromatic heterocycles. The van der Waals surface area contributed by atoms with Gasteiger partial charge in [-0.25, -0.2) is 4.98 Å². The highest BCUT2D eigenvalue weighted by atomic mass is 16.3. The average molecular weight is 402 g/mol. The Balaban J connectivity index is 1.56. The first-order valence-corrected chi connectivity index (χ1v) is 9.72. The van der Waals surface area contributed by atoms with Crippen molar-refractivity contribution in [2.75, 3.05) is 10.6 Å². The summed E-state index contributed by atoms with van der Waals surface area (Å²) in [5.74, 6) is 0.644. The minimum absolute atomic E-state index is 0.0207. The maximum Gasteiger partial charge on any atom is 0.228 e. The molecule has 0 saturated carbocycles. The Morgan fingerprint density at radius 2 is 2.03 bits per heavy atom. The monoisotopic (exact) mass is 402 g/mol. The lowest BCUT2D eigenvalue weighted by atomic mass is 10.0. The number of hydrogen-bond donors (Lipinski definition) is 3. The van der Waals surface area contributed by atoms with Crippen molar-refractivity contribution < 1.29 is 9.90 Å². The Morgan fingerprint density at radius 1 is 1.20 bits per heavy atom. The Morgan fingerprint density at radius 3 is 2.80 bits per heavy atom. The second-order valence-corrected chi connectivity index (χ2v) is 8.12. The summed E-state index contributed by atoms with van der Waals surface area (Å²) in [4.78, 5) is 16.1. The van der Waals surface area contributed by atoms with E-state index in [-0.39, 0.29) is 5.91 Å². The van der Waals surface area contributed by atoms with E-state index < -0.39 is 5.60 Å². The Labute approximate surface area is 173 Å². The lowest BCUT2D eigenvalue weighted by molar-refractivity contribution is -0.115. The average Bonchev–Trinajstić information content (AvgIpc) is 3.37. The lowest BCUT2D eigenvalue weighted by Gasteiger charge is -2.16. The summed E-state index contributed by atoms with van der Waals surface area (Å²) in [6.45, 7) is 3.46. The van der Waals surface area contributed by atoms with Crippen LogP contribution in [0.5, 0.6) is 0 Å². The molecule has 1 aliphatic rings. The van der Waals surface area contributed by atoms with Crippen LogP contribution in [-0.4, -0.2) is 30.2 Å². The fraction of sp³-hybridized carbons (Fsp3) is 0.227. The van der Waals surface area contributed by atoms with Gasteiger partial charge in [0.2, 0.25) is 5.91 Å². The smallest absolute Gasteiger partial charge is 0.228 e. The Hall–Kier alpha value is -3.65. The summed E-state index contributed by atoms with van der Waals surface area (Å²) in [5.41, 5.74) is 5.11. The topological polar surface area (TPSA) is 96.5 Å². The van der Waals surface area contributed by atoms with Crippen molar-refractivity contribution in [2.24, 2.45) is 7.05 Å². The molecule has 0 atom stereocenters. The molecule has 30 heavy (non-hydrogen) atoms. The summed E-state index contributed by atoms with van der Waals surface area (Å²) in [5, 5.41) is 21.1. The fourth-order valence-corrected chi connectivity index (χ4v) is 3.92. The number of rotatable bonds is 4. The molecule has 4 aromatic rings. The predicted molar refractivity (Wildman–Crippen MR) is 115 cm³/mol. The first kappa shape index (κ1) is 18.4. The third kappa shape index (κ3) is 3.11. The molecule has 0 spiro atoms. The zero-order valence-electron chi connectivity index (χ0n) is 17.0. The van der Waals surface area contributed by atoms with Crippen molar-refractivity contribution in [3.05, 3.63) is 60.2 Å². The molecular weight excluding hydrogens is 380 g/mol. The number of hydrogen-bond acceptors (Lipinski definition) is 5. The fourth-order valence-electron chi connectivity index (χ4n) is 3.92. The third-order valence-corrected chi connectivity index (χ3v) is 5.33. The zero-order valence-corrected chi connectivity index (χ0v) is 17.0. The molecule has 8 heteroatoms. The van der Waals surface area contributed by atoms with E-state index in [1.165, 1.54) is 0 Å². The number of nitrogens with one attached hydrogen (secondary N) is 2. The van der Waals surface area contributed by atoms with Crippen LogP contribution in [0.1, 0.15) is 25.1 Å². The van der Waals surface area contributed by atoms with Crippen LogP contribution in [-0.2, 0) is 23.9 Å². The number of fused-ring (bicyclic) bond motifs is 2. The number of carbonyl (C=O) groups is 1. The molecular formula is C22H22N6O2. The van der Waals surface area contributed by atoms with Gasteiger partial charge in [0, 0.05) is 43.0 Å². The molecule has 0 unspecified atom stereocenters. The highest BCUT2D eigenvalue weighted by molar-refractivity contribution is 6.00. The van der Waals surface area contributed by atoms with Crippen LogP contribution in [0.4, 0.5) is 17.2 Å². The number of carbonyl (C=O) groups excluding carboxylic acids is 1. The number of anilines is 3. The lowest BCUT2D eigenvalue weighted by Crippen LogP contribution is -2.19. The minimum Gasteiger partial charge on any atom is -0.384 e. The van der Waals surface area contributed by atoms with Crippen LogP contribution >= 0.6 is 0 Å². The maximum atomic E-state index is 11.7. The van der Waals surface area contributed by atoms with E-state index in [0.717, 1.165) is 33.7 Å². The second kappa shape index (κ2) is 6.43. The van der Waals surface area contributed by atoms with Crippen LogP contribution in [0.2, 0.25) is 0 Å². The summed E-state index contributed by atoms with van der Waals surface area (Å²) < 4.78 is 3.61. The van der Waals surface area contributed by atoms with Gasteiger partial charge < -0.3 is 20.1 Å². The van der Waals surface area contributed by atoms with Gasteiger partial charge in [0.1, 0.15) is 5.60 Å². The van der Waals surface area contributed by atoms with Crippen LogP contribution in [0.15, 0.2) is 48.9 Å². The number of aryl methyl sites for hydroxylation is 1. The minimum atomic E-state index is -0.999. The number of aliphatic hydroxyl groups is 1. The molecule has 0 saturated heterocycles. The standard InChI is InChI=1S/C22H22N6O2/c1-22(2,30)18-11-19(26-27(18)3)24-17-9-15(12-28-7-6-23-21(17)28)13-4-5-14-10-20(29)25-16(14)8-13/h4-9,11-12,30H,10H2,1-3H3,(H,24,26)(H,25,29). The second-order valence-electron chi connectivity index (χ2n) is 8.12. The summed E-state index contributed by atoms with van der Waals surface area (Å²) in [6, 6.07) is 9.85. The van der Waals surface area contributed by atoms with E-state index in [2.05, 4.69) is 20.7 Å². The van der Waals surface area contributed by atoms with E-state index in [4.69, 9.17) is 0 Å². The summed E-state index contributed by atoms with van der Waals surface area (Å²) in [7, 11) is 1.80. The van der Waals surface area contributed by atoms with Crippen molar-refractivity contribution in [3.8, 4) is 11.1 Å². The number of benzene rings is 1. The summed E-state index contributed by atoms with van der Waals surface area (Å²) in [6.07, 6.45) is 6.06.